The zero-order valence-corrected chi connectivity index (χ0v) is 22.4. The topological polar surface area (TPSA) is 110 Å². The molecule has 1 saturated carbocycles. The molecule has 1 aliphatic heterocycles. The fourth-order valence-electron chi connectivity index (χ4n) is 5.87. The van der Waals surface area contributed by atoms with Gasteiger partial charge in [0.05, 0.1) is 5.60 Å². The Hall–Kier alpha value is -3.44. The zero-order valence-electron chi connectivity index (χ0n) is 22.4. The molecule has 1 aromatic heterocycles. The van der Waals surface area contributed by atoms with Crippen LogP contribution in [0.2, 0.25) is 0 Å². The maximum absolute atomic E-state index is 14.2. The number of aromatic nitrogens is 1. The lowest BCUT2D eigenvalue weighted by Gasteiger charge is -2.50. The van der Waals surface area contributed by atoms with Gasteiger partial charge in [-0.3, -0.25) is 24.4 Å². The van der Waals surface area contributed by atoms with Gasteiger partial charge in [0, 0.05) is 35.7 Å². The lowest BCUT2D eigenvalue weighted by atomic mass is 9.67. The molecule has 196 valence electrons. The normalized spacial score (nSPS) is 26.1. The second-order valence-corrected chi connectivity index (χ2v) is 12.0. The van der Waals surface area contributed by atoms with Gasteiger partial charge in [-0.1, -0.05) is 39.0 Å². The molecular formula is C29H37N5O3. The average Bonchev–Trinajstić information content (AvgIpc) is 3.29. The molecule has 1 aromatic carbocycles. The van der Waals surface area contributed by atoms with Gasteiger partial charge in [-0.15, -0.1) is 0 Å². The molecule has 2 heterocycles. The van der Waals surface area contributed by atoms with Crippen LogP contribution in [-0.4, -0.2) is 50.5 Å². The van der Waals surface area contributed by atoms with Crippen molar-refractivity contribution in [3.63, 3.8) is 0 Å². The van der Waals surface area contributed by atoms with Crippen molar-refractivity contribution in [1.29, 1.82) is 5.26 Å². The standard InChI is InChI=1S/C29H37N5O3/c1-27(2,3)21-10-12-22(13-11-21)34(26(36)23-9-7-15-33(23)19-30)24(20-8-6-14-31-16-20)25(35)32-28(4)17-29(5,37)18-28/h6,8,10-14,16,23-24,37H,7,9,15,17-18H2,1-5H3,(H,32,35). The summed E-state index contributed by atoms with van der Waals surface area (Å²) in [7, 11) is 0. The molecule has 0 bridgehead atoms. The molecule has 1 aliphatic carbocycles. The Balaban J connectivity index is 1.79. The molecular weight excluding hydrogens is 466 g/mol. The third kappa shape index (κ3) is 5.62. The minimum Gasteiger partial charge on any atom is -0.390 e. The molecule has 4 rings (SSSR count). The largest absolute Gasteiger partial charge is 0.390 e. The van der Waals surface area contributed by atoms with Gasteiger partial charge in [-0.05, 0) is 68.7 Å². The number of nitrogens with zero attached hydrogens (tertiary/aromatic N) is 4. The molecule has 2 unspecified atom stereocenters. The van der Waals surface area contributed by atoms with Crippen LogP contribution in [0.1, 0.15) is 77.5 Å². The van der Waals surface area contributed by atoms with Gasteiger partial charge in [0.1, 0.15) is 12.1 Å². The molecule has 1 saturated heterocycles. The highest BCUT2D eigenvalue weighted by Gasteiger charge is 2.50. The molecule has 8 nitrogen and oxygen atoms in total. The van der Waals surface area contributed by atoms with E-state index in [4.69, 9.17) is 0 Å². The maximum atomic E-state index is 14.2. The highest BCUT2D eigenvalue weighted by atomic mass is 16.3. The first-order valence-electron chi connectivity index (χ1n) is 12.9. The summed E-state index contributed by atoms with van der Waals surface area (Å²) in [5.41, 5.74) is 0.766. The van der Waals surface area contributed by atoms with Crippen molar-refractivity contribution in [3.8, 4) is 6.19 Å². The number of benzene rings is 1. The molecule has 2 atom stereocenters. The molecule has 0 spiro atoms. The fourth-order valence-corrected chi connectivity index (χ4v) is 5.87. The minimum atomic E-state index is -0.995. The van der Waals surface area contributed by atoms with Gasteiger partial charge < -0.3 is 10.4 Å². The van der Waals surface area contributed by atoms with Gasteiger partial charge in [0.2, 0.25) is 5.91 Å². The first-order chi connectivity index (χ1) is 17.3. The summed E-state index contributed by atoms with van der Waals surface area (Å²) in [5, 5.41) is 23.1. The lowest BCUT2D eigenvalue weighted by molar-refractivity contribution is -0.134. The van der Waals surface area contributed by atoms with Crippen molar-refractivity contribution in [2.24, 2.45) is 0 Å². The molecule has 2 aliphatic rings. The van der Waals surface area contributed by atoms with Crippen molar-refractivity contribution < 1.29 is 14.7 Å². The fraction of sp³-hybridized carbons (Fsp3) is 0.517. The number of carbonyl (C=O) groups is 2. The van der Waals surface area contributed by atoms with E-state index in [1.54, 1.807) is 31.5 Å². The van der Waals surface area contributed by atoms with Crippen LogP contribution in [0.5, 0.6) is 0 Å². The minimum absolute atomic E-state index is 0.0771. The summed E-state index contributed by atoms with van der Waals surface area (Å²) in [6.07, 6.45) is 7.50. The Labute approximate surface area is 219 Å². The molecule has 0 radical (unpaired) electrons. The van der Waals surface area contributed by atoms with Crippen LogP contribution >= 0.6 is 0 Å². The SMILES string of the molecule is CC1(O)CC(C)(NC(=O)C(c2cccnc2)N(C(=O)C2CCCN2C#N)c2ccc(C(C)(C)C)cc2)C1. The summed E-state index contributed by atoms with van der Waals surface area (Å²) in [6.45, 7) is 10.5. The Kier molecular flexibility index (Phi) is 7.04. The summed E-state index contributed by atoms with van der Waals surface area (Å²) in [4.78, 5) is 35.4. The first-order valence-corrected chi connectivity index (χ1v) is 12.9. The number of pyridine rings is 1. The van der Waals surface area contributed by atoms with Crippen LogP contribution in [0.4, 0.5) is 5.69 Å². The monoisotopic (exact) mass is 503 g/mol. The Morgan fingerprint density at radius 1 is 1.22 bits per heavy atom. The summed E-state index contributed by atoms with van der Waals surface area (Å²) in [5.74, 6) is -0.641. The third-order valence-corrected chi connectivity index (χ3v) is 7.39. The number of nitrogens with one attached hydrogen (secondary N) is 1. The number of anilines is 1. The second kappa shape index (κ2) is 9.79. The van der Waals surface area contributed by atoms with Crippen LogP contribution in [0.15, 0.2) is 48.8 Å². The van der Waals surface area contributed by atoms with Gasteiger partial charge >= 0.3 is 0 Å². The predicted octanol–water partition coefficient (Wildman–Crippen LogP) is 3.82. The summed E-state index contributed by atoms with van der Waals surface area (Å²) >= 11 is 0. The van der Waals surface area contributed by atoms with Gasteiger partial charge in [-0.25, -0.2) is 0 Å². The molecule has 37 heavy (non-hydrogen) atoms. The highest BCUT2D eigenvalue weighted by molar-refractivity contribution is 6.04. The average molecular weight is 504 g/mol. The Bertz CT molecular complexity index is 1170. The number of amides is 2. The molecule has 2 fully saturated rings. The van der Waals surface area contributed by atoms with Crippen molar-refractivity contribution >= 4 is 17.5 Å². The van der Waals surface area contributed by atoms with Crippen molar-refractivity contribution in [2.75, 3.05) is 11.4 Å². The van der Waals surface area contributed by atoms with E-state index < -0.39 is 23.2 Å². The number of hydrogen-bond acceptors (Lipinski definition) is 6. The molecule has 2 amide bonds. The number of aliphatic hydroxyl groups is 1. The van der Waals surface area contributed by atoms with E-state index in [1.165, 1.54) is 9.80 Å². The van der Waals surface area contributed by atoms with Crippen molar-refractivity contribution in [3.05, 3.63) is 59.9 Å². The predicted molar refractivity (Wildman–Crippen MR) is 141 cm³/mol. The molecule has 8 heteroatoms. The van der Waals surface area contributed by atoms with Crippen molar-refractivity contribution in [1.82, 2.24) is 15.2 Å². The van der Waals surface area contributed by atoms with E-state index in [9.17, 15) is 20.0 Å². The zero-order chi connectivity index (χ0) is 27.0. The summed E-state index contributed by atoms with van der Waals surface area (Å²) in [6, 6.07) is 9.60. The van der Waals surface area contributed by atoms with E-state index in [0.29, 0.717) is 37.1 Å². The van der Waals surface area contributed by atoms with Gasteiger partial charge in [0.15, 0.2) is 6.19 Å². The molecule has 2 N–H and O–H groups in total. The van der Waals surface area contributed by atoms with E-state index in [0.717, 1.165) is 12.0 Å². The smallest absolute Gasteiger partial charge is 0.251 e. The van der Waals surface area contributed by atoms with E-state index in [1.807, 2.05) is 31.2 Å². The third-order valence-electron chi connectivity index (χ3n) is 7.39. The molecule has 2 aromatic rings. The second-order valence-electron chi connectivity index (χ2n) is 12.0. The number of likely N-dealkylation sites (tertiary alicyclic amines) is 1. The number of hydrogen-bond donors (Lipinski definition) is 2. The van der Waals surface area contributed by atoms with E-state index in [-0.39, 0.29) is 17.2 Å². The van der Waals surface area contributed by atoms with Gasteiger partial charge in [-0.2, -0.15) is 5.26 Å². The van der Waals surface area contributed by atoms with E-state index >= 15 is 0 Å². The van der Waals surface area contributed by atoms with Crippen LogP contribution in [-0.2, 0) is 15.0 Å². The number of nitriles is 1. The Morgan fingerprint density at radius 3 is 2.43 bits per heavy atom. The van der Waals surface area contributed by atoms with Crippen LogP contribution < -0.4 is 10.2 Å². The number of rotatable bonds is 6. The van der Waals surface area contributed by atoms with Gasteiger partial charge in [0.25, 0.3) is 5.91 Å². The van der Waals surface area contributed by atoms with E-state index in [2.05, 4.69) is 37.3 Å². The van der Waals surface area contributed by atoms with Crippen molar-refractivity contribution in [2.45, 2.75) is 88.9 Å². The van der Waals surface area contributed by atoms with Crippen LogP contribution in [0.25, 0.3) is 0 Å². The lowest BCUT2D eigenvalue weighted by Crippen LogP contribution is -2.64. The number of carbonyl (C=O) groups excluding carboxylic acids is 2. The summed E-state index contributed by atoms with van der Waals surface area (Å²) < 4.78 is 0. The maximum Gasteiger partial charge on any atom is 0.251 e. The Morgan fingerprint density at radius 2 is 1.89 bits per heavy atom. The highest BCUT2D eigenvalue weighted by Crippen LogP contribution is 2.41. The van der Waals surface area contributed by atoms with Crippen LogP contribution in [0, 0.1) is 11.5 Å². The quantitative estimate of drug-likeness (QED) is 0.580. The first kappa shape index (κ1) is 26.6. The van der Waals surface area contributed by atoms with Crippen LogP contribution in [0.3, 0.4) is 0 Å².